The molecule has 1 N–H and O–H groups in total. The van der Waals surface area contributed by atoms with Gasteiger partial charge in [0.15, 0.2) is 5.17 Å². The molecule has 0 bridgehead atoms. The van der Waals surface area contributed by atoms with E-state index in [0.29, 0.717) is 6.42 Å². The maximum Gasteiger partial charge on any atom is 0.251 e. The fourth-order valence-electron chi connectivity index (χ4n) is 3.11. The number of hydrogen-bond donors (Lipinski definition) is 1. The topological polar surface area (TPSA) is 44.7 Å². The van der Waals surface area contributed by atoms with Crippen molar-refractivity contribution in [3.05, 3.63) is 53.6 Å². The van der Waals surface area contributed by atoms with Crippen LogP contribution in [0, 0.1) is 0 Å². The van der Waals surface area contributed by atoms with Gasteiger partial charge in [0.05, 0.1) is 6.04 Å². The molecule has 2 aliphatic heterocycles. The standard InChI is InChI=1S/C18H19N3OS/c22-17(13-5-2-1-3-6-13)19-15-8-4-7-14(11-15)16-12-21-9-10-23-18(21)20-16/h1-2,4,6-8,11,16H,3,5,9-10,12H2,(H,19,22). The monoisotopic (exact) mass is 325 g/mol. The molecular weight excluding hydrogens is 306 g/mol. The third-order valence-electron chi connectivity index (χ3n) is 4.35. The number of rotatable bonds is 3. The molecule has 1 aromatic carbocycles. The van der Waals surface area contributed by atoms with E-state index in [1.54, 1.807) is 0 Å². The van der Waals surface area contributed by atoms with Gasteiger partial charge in [-0.15, -0.1) is 0 Å². The number of nitrogens with zero attached hydrogens (tertiary/aromatic N) is 2. The quantitative estimate of drug-likeness (QED) is 0.867. The molecule has 1 aliphatic carbocycles. The molecule has 1 aromatic rings. The summed E-state index contributed by atoms with van der Waals surface area (Å²) in [6.45, 7) is 2.05. The predicted octanol–water partition coefficient (Wildman–Crippen LogP) is 3.36. The van der Waals surface area contributed by atoms with Crippen LogP contribution in [0.15, 0.2) is 53.1 Å². The Kier molecular flexibility index (Phi) is 3.95. The highest BCUT2D eigenvalue weighted by atomic mass is 32.2. The van der Waals surface area contributed by atoms with Gasteiger partial charge in [-0.3, -0.25) is 9.79 Å². The van der Waals surface area contributed by atoms with Crippen LogP contribution >= 0.6 is 11.8 Å². The van der Waals surface area contributed by atoms with Crippen LogP contribution in [0.3, 0.4) is 0 Å². The number of amides is 1. The number of amidine groups is 1. The van der Waals surface area contributed by atoms with Crippen molar-refractivity contribution in [3.8, 4) is 0 Å². The Morgan fingerprint density at radius 3 is 3.13 bits per heavy atom. The molecule has 4 rings (SSSR count). The zero-order valence-corrected chi connectivity index (χ0v) is 13.7. The smallest absolute Gasteiger partial charge is 0.251 e. The molecule has 4 nitrogen and oxygen atoms in total. The number of nitrogens with one attached hydrogen (secondary N) is 1. The Labute approximate surface area is 140 Å². The van der Waals surface area contributed by atoms with Crippen molar-refractivity contribution in [2.45, 2.75) is 18.9 Å². The maximum atomic E-state index is 12.3. The highest BCUT2D eigenvalue weighted by molar-refractivity contribution is 8.14. The molecule has 1 atom stereocenters. The average Bonchev–Trinajstić information content (AvgIpc) is 3.17. The van der Waals surface area contributed by atoms with Crippen molar-refractivity contribution in [1.29, 1.82) is 0 Å². The van der Waals surface area contributed by atoms with Crippen molar-refractivity contribution in [2.24, 2.45) is 4.99 Å². The third kappa shape index (κ3) is 3.06. The van der Waals surface area contributed by atoms with Gasteiger partial charge in [0.1, 0.15) is 0 Å². The lowest BCUT2D eigenvalue weighted by Crippen LogP contribution is -2.21. The first-order valence-corrected chi connectivity index (χ1v) is 8.99. The summed E-state index contributed by atoms with van der Waals surface area (Å²) in [5.41, 5.74) is 2.86. The molecular formula is C18H19N3OS. The van der Waals surface area contributed by atoms with E-state index in [2.05, 4.69) is 28.4 Å². The van der Waals surface area contributed by atoms with Crippen LogP contribution in [0.4, 0.5) is 5.69 Å². The minimum atomic E-state index is 0.000380. The number of allylic oxidation sites excluding steroid dienone is 3. The van der Waals surface area contributed by atoms with Crippen LogP contribution in [-0.2, 0) is 4.79 Å². The molecule has 0 spiro atoms. The molecule has 0 radical (unpaired) electrons. The molecule has 1 amide bonds. The molecule has 1 unspecified atom stereocenters. The second-order valence-electron chi connectivity index (χ2n) is 5.94. The molecule has 2 heterocycles. The fourth-order valence-corrected chi connectivity index (χ4v) is 4.15. The van der Waals surface area contributed by atoms with Gasteiger partial charge in [-0.1, -0.05) is 42.1 Å². The largest absolute Gasteiger partial charge is 0.348 e. The number of benzene rings is 1. The number of fused-ring (bicyclic) bond motifs is 1. The van der Waals surface area contributed by atoms with Crippen molar-refractivity contribution in [3.63, 3.8) is 0 Å². The highest BCUT2D eigenvalue weighted by Gasteiger charge is 2.30. The van der Waals surface area contributed by atoms with Gasteiger partial charge < -0.3 is 10.2 Å². The van der Waals surface area contributed by atoms with Crippen molar-refractivity contribution in [2.75, 3.05) is 24.2 Å². The van der Waals surface area contributed by atoms with Gasteiger partial charge in [0.2, 0.25) is 0 Å². The van der Waals surface area contributed by atoms with Crippen molar-refractivity contribution in [1.82, 2.24) is 4.90 Å². The average molecular weight is 325 g/mol. The lowest BCUT2D eigenvalue weighted by atomic mass is 10.0. The second kappa shape index (κ2) is 6.24. The van der Waals surface area contributed by atoms with Crippen LogP contribution in [0.2, 0.25) is 0 Å². The second-order valence-corrected chi connectivity index (χ2v) is 7.00. The van der Waals surface area contributed by atoms with E-state index in [9.17, 15) is 4.79 Å². The molecule has 5 heteroatoms. The molecule has 0 aromatic heterocycles. The van der Waals surface area contributed by atoms with Gasteiger partial charge >= 0.3 is 0 Å². The van der Waals surface area contributed by atoms with Gasteiger partial charge in [0.25, 0.3) is 5.91 Å². The summed E-state index contributed by atoms with van der Waals surface area (Å²) in [5, 5.41) is 4.19. The zero-order valence-electron chi connectivity index (χ0n) is 12.9. The third-order valence-corrected chi connectivity index (χ3v) is 5.36. The van der Waals surface area contributed by atoms with E-state index < -0.39 is 0 Å². The summed E-state index contributed by atoms with van der Waals surface area (Å²) in [4.78, 5) is 19.5. The Morgan fingerprint density at radius 1 is 1.35 bits per heavy atom. The number of aliphatic imine (C=N–C) groups is 1. The van der Waals surface area contributed by atoms with Gasteiger partial charge in [0, 0.05) is 30.1 Å². The summed E-state index contributed by atoms with van der Waals surface area (Å²) >= 11 is 1.84. The van der Waals surface area contributed by atoms with Crippen molar-refractivity contribution >= 4 is 28.5 Å². The van der Waals surface area contributed by atoms with Gasteiger partial charge in [-0.2, -0.15) is 0 Å². The van der Waals surface area contributed by atoms with E-state index in [4.69, 9.17) is 4.99 Å². The summed E-state index contributed by atoms with van der Waals surface area (Å²) < 4.78 is 0. The van der Waals surface area contributed by atoms with Crippen LogP contribution in [0.25, 0.3) is 0 Å². The fraction of sp³-hybridized carbons (Fsp3) is 0.333. The van der Waals surface area contributed by atoms with Crippen LogP contribution in [0.1, 0.15) is 24.4 Å². The van der Waals surface area contributed by atoms with Crippen LogP contribution in [0.5, 0.6) is 0 Å². The molecule has 23 heavy (non-hydrogen) atoms. The highest BCUT2D eigenvalue weighted by Crippen LogP contribution is 2.33. The maximum absolute atomic E-state index is 12.3. The Bertz CT molecular complexity index is 723. The van der Waals surface area contributed by atoms with Crippen molar-refractivity contribution < 1.29 is 4.79 Å². The molecule has 1 saturated heterocycles. The summed E-state index contributed by atoms with van der Waals surface area (Å²) in [6.07, 6.45) is 7.68. The Hall–Kier alpha value is -2.01. The predicted molar refractivity (Wildman–Crippen MR) is 95.7 cm³/mol. The zero-order chi connectivity index (χ0) is 15.6. The summed E-state index contributed by atoms with van der Waals surface area (Å²) in [7, 11) is 0. The summed E-state index contributed by atoms with van der Waals surface area (Å²) in [6, 6.07) is 8.28. The molecule has 1 fully saturated rings. The Balaban J connectivity index is 1.47. The minimum absolute atomic E-state index is 0.000380. The number of carbonyl (C=O) groups excluding carboxylic acids is 1. The normalized spacial score (nSPS) is 22.6. The Morgan fingerprint density at radius 2 is 2.30 bits per heavy atom. The van der Waals surface area contributed by atoms with E-state index in [0.717, 1.165) is 36.5 Å². The first-order chi connectivity index (χ1) is 11.3. The van der Waals surface area contributed by atoms with Crippen LogP contribution in [-0.4, -0.2) is 34.8 Å². The number of thioether (sulfide) groups is 1. The summed E-state index contributed by atoms with van der Waals surface area (Å²) in [5.74, 6) is 1.14. The number of carbonyl (C=O) groups is 1. The molecule has 3 aliphatic rings. The van der Waals surface area contributed by atoms with E-state index in [-0.39, 0.29) is 11.9 Å². The SMILES string of the molecule is O=C(Nc1cccc(C2CN3CCSC3=N2)c1)C1=CCC=CC1. The van der Waals surface area contributed by atoms with Crippen LogP contribution < -0.4 is 5.32 Å². The van der Waals surface area contributed by atoms with Gasteiger partial charge in [-0.25, -0.2) is 0 Å². The van der Waals surface area contributed by atoms with E-state index in [1.807, 2.05) is 36.0 Å². The van der Waals surface area contributed by atoms with E-state index in [1.165, 1.54) is 10.7 Å². The number of hydrogen-bond acceptors (Lipinski definition) is 4. The minimum Gasteiger partial charge on any atom is -0.348 e. The lowest BCUT2D eigenvalue weighted by molar-refractivity contribution is -0.112. The number of anilines is 1. The molecule has 118 valence electrons. The van der Waals surface area contributed by atoms with Gasteiger partial charge in [-0.05, 0) is 30.5 Å². The first-order valence-electron chi connectivity index (χ1n) is 8.00. The lowest BCUT2D eigenvalue weighted by Gasteiger charge is -2.14. The van der Waals surface area contributed by atoms with E-state index >= 15 is 0 Å². The molecule has 0 saturated carbocycles. The first kappa shape index (κ1) is 14.6.